The fourth-order valence-corrected chi connectivity index (χ4v) is 2.54. The fourth-order valence-electron chi connectivity index (χ4n) is 1.79. The maximum atomic E-state index is 11.9. The van der Waals surface area contributed by atoms with E-state index in [1.54, 1.807) is 32.9 Å². The van der Waals surface area contributed by atoms with Gasteiger partial charge in [0.05, 0.1) is 28.6 Å². The number of fused-ring (bicyclic) bond motifs is 1. The molecule has 1 aromatic carbocycles. The number of ether oxygens (including phenoxy) is 2. The quantitative estimate of drug-likeness (QED) is 0.823. The molecule has 0 fully saturated rings. The van der Waals surface area contributed by atoms with Gasteiger partial charge in [-0.1, -0.05) is 11.3 Å². The number of hydrogen-bond donors (Lipinski definition) is 2. The van der Waals surface area contributed by atoms with Gasteiger partial charge >= 0.3 is 12.1 Å². The zero-order valence-electron chi connectivity index (χ0n) is 12.7. The number of nitrogens with zero attached hydrogens (tertiary/aromatic N) is 1. The Hall–Kier alpha value is -2.35. The molecule has 1 aromatic heterocycles. The van der Waals surface area contributed by atoms with E-state index in [-0.39, 0.29) is 11.3 Å². The third-order valence-corrected chi connectivity index (χ3v) is 3.43. The average molecular weight is 323 g/mol. The predicted octanol–water partition coefficient (Wildman–Crippen LogP) is 3.01. The molecule has 0 unspecified atom stereocenters. The lowest BCUT2D eigenvalue weighted by Crippen LogP contribution is -2.27. The Morgan fingerprint density at radius 3 is 2.59 bits per heavy atom. The Morgan fingerprint density at radius 1 is 1.32 bits per heavy atom. The van der Waals surface area contributed by atoms with E-state index in [0.717, 1.165) is 4.70 Å². The van der Waals surface area contributed by atoms with Crippen LogP contribution in [0.1, 0.15) is 31.1 Å². The van der Waals surface area contributed by atoms with Crippen molar-refractivity contribution in [3.8, 4) is 0 Å². The number of nitrogens with one attached hydrogen (secondary N) is 1. The lowest BCUT2D eigenvalue weighted by molar-refractivity contribution is 0.0602. The molecule has 0 saturated carbocycles. The molecule has 2 rings (SSSR count). The summed E-state index contributed by atoms with van der Waals surface area (Å²) >= 11 is 1.25. The van der Waals surface area contributed by atoms with Crippen molar-refractivity contribution in [2.45, 2.75) is 26.4 Å². The first-order valence-electron chi connectivity index (χ1n) is 6.48. The first-order valence-corrected chi connectivity index (χ1v) is 7.29. The van der Waals surface area contributed by atoms with Gasteiger partial charge in [-0.15, -0.1) is 0 Å². The van der Waals surface area contributed by atoms with Crippen LogP contribution in [0.5, 0.6) is 0 Å². The minimum Gasteiger partial charge on any atom is -0.465 e. The Labute approximate surface area is 131 Å². The Balaban J connectivity index is 2.41. The lowest BCUT2D eigenvalue weighted by atomic mass is 10.1. The summed E-state index contributed by atoms with van der Waals surface area (Å²) in [4.78, 5) is 27.9. The molecule has 0 atom stereocenters. The number of rotatable bonds is 2. The van der Waals surface area contributed by atoms with Crippen LogP contribution in [0, 0.1) is 0 Å². The summed E-state index contributed by atoms with van der Waals surface area (Å²) in [5.41, 5.74) is 6.07. The van der Waals surface area contributed by atoms with E-state index in [1.165, 1.54) is 18.4 Å². The number of aromatic nitrogens is 1. The normalized spacial score (nSPS) is 11.3. The van der Waals surface area contributed by atoms with E-state index in [9.17, 15) is 9.59 Å². The Morgan fingerprint density at radius 2 is 2.00 bits per heavy atom. The van der Waals surface area contributed by atoms with Gasteiger partial charge in [0.1, 0.15) is 5.60 Å². The molecule has 0 aliphatic rings. The molecular formula is C14H17N3O4S. The minimum atomic E-state index is -0.666. The summed E-state index contributed by atoms with van der Waals surface area (Å²) in [7, 11) is 1.27. The molecule has 0 bridgehead atoms. The van der Waals surface area contributed by atoms with Crippen molar-refractivity contribution >= 4 is 44.4 Å². The third-order valence-electron chi connectivity index (χ3n) is 2.59. The van der Waals surface area contributed by atoms with Crippen LogP contribution in [-0.2, 0) is 9.47 Å². The van der Waals surface area contributed by atoms with Gasteiger partial charge in [-0.05, 0) is 32.9 Å². The molecule has 0 saturated heterocycles. The molecule has 118 valence electrons. The van der Waals surface area contributed by atoms with Crippen LogP contribution in [0.2, 0.25) is 0 Å². The predicted molar refractivity (Wildman–Crippen MR) is 85.2 cm³/mol. The van der Waals surface area contributed by atoms with Gasteiger partial charge in [-0.2, -0.15) is 0 Å². The van der Waals surface area contributed by atoms with Crippen LogP contribution >= 0.6 is 11.3 Å². The van der Waals surface area contributed by atoms with Crippen LogP contribution in [-0.4, -0.2) is 29.8 Å². The molecule has 0 aliphatic heterocycles. The number of anilines is 2. The highest BCUT2D eigenvalue weighted by atomic mass is 32.1. The molecule has 0 aliphatic carbocycles. The van der Waals surface area contributed by atoms with E-state index in [4.69, 9.17) is 15.2 Å². The average Bonchev–Trinajstić information content (AvgIpc) is 2.73. The van der Waals surface area contributed by atoms with Crippen LogP contribution in [0.15, 0.2) is 12.1 Å². The highest BCUT2D eigenvalue weighted by Gasteiger charge is 2.20. The number of hydrogen-bond acceptors (Lipinski definition) is 7. The van der Waals surface area contributed by atoms with Crippen molar-refractivity contribution in [1.82, 2.24) is 4.98 Å². The molecule has 1 heterocycles. The van der Waals surface area contributed by atoms with E-state index in [2.05, 4.69) is 10.3 Å². The number of carbonyl (C=O) groups excluding carboxylic acids is 2. The highest BCUT2D eigenvalue weighted by Crippen LogP contribution is 2.30. The van der Waals surface area contributed by atoms with Crippen molar-refractivity contribution in [3.63, 3.8) is 0 Å². The topological polar surface area (TPSA) is 104 Å². The fraction of sp³-hybridized carbons (Fsp3) is 0.357. The number of nitrogen functional groups attached to an aromatic ring is 1. The zero-order valence-corrected chi connectivity index (χ0v) is 13.5. The van der Waals surface area contributed by atoms with Crippen molar-refractivity contribution in [2.24, 2.45) is 0 Å². The van der Waals surface area contributed by atoms with Gasteiger partial charge in [0, 0.05) is 0 Å². The molecule has 1 amide bonds. The summed E-state index contributed by atoms with van der Waals surface area (Å²) < 4.78 is 10.6. The van der Waals surface area contributed by atoms with Crippen molar-refractivity contribution in [3.05, 3.63) is 17.7 Å². The van der Waals surface area contributed by atoms with Gasteiger partial charge in [0.15, 0.2) is 5.13 Å². The number of esters is 1. The molecule has 22 heavy (non-hydrogen) atoms. The highest BCUT2D eigenvalue weighted by molar-refractivity contribution is 7.22. The largest absolute Gasteiger partial charge is 0.465 e. The van der Waals surface area contributed by atoms with Gasteiger partial charge in [0.25, 0.3) is 0 Å². The van der Waals surface area contributed by atoms with Crippen molar-refractivity contribution in [1.29, 1.82) is 0 Å². The third kappa shape index (κ3) is 3.64. The summed E-state index contributed by atoms with van der Waals surface area (Å²) in [6.45, 7) is 5.24. The second-order valence-electron chi connectivity index (χ2n) is 5.54. The van der Waals surface area contributed by atoms with Gasteiger partial charge < -0.3 is 15.2 Å². The van der Waals surface area contributed by atoms with Crippen molar-refractivity contribution < 1.29 is 19.1 Å². The molecule has 7 nitrogen and oxygen atoms in total. The minimum absolute atomic E-state index is 0.213. The van der Waals surface area contributed by atoms with Gasteiger partial charge in [0.2, 0.25) is 0 Å². The van der Waals surface area contributed by atoms with Crippen LogP contribution in [0.25, 0.3) is 10.2 Å². The summed E-state index contributed by atoms with van der Waals surface area (Å²) in [5.74, 6) is -0.570. The number of thiazole rings is 1. The lowest BCUT2D eigenvalue weighted by Gasteiger charge is -2.20. The Kier molecular flexibility index (Phi) is 4.23. The van der Waals surface area contributed by atoms with Crippen LogP contribution in [0.4, 0.5) is 15.6 Å². The zero-order chi connectivity index (χ0) is 16.5. The molecule has 0 radical (unpaired) electrons. The van der Waals surface area contributed by atoms with E-state index < -0.39 is 17.7 Å². The number of amides is 1. The number of carbonyl (C=O) groups is 2. The van der Waals surface area contributed by atoms with Crippen LogP contribution < -0.4 is 11.1 Å². The monoisotopic (exact) mass is 323 g/mol. The SMILES string of the molecule is COC(=O)c1cc2sc(N)nc2cc1NC(=O)OC(C)(C)C. The summed E-state index contributed by atoms with van der Waals surface area (Å²) in [6.07, 6.45) is -0.666. The number of methoxy groups -OCH3 is 1. The Bertz CT molecular complexity index is 733. The first kappa shape index (κ1) is 16.0. The smallest absolute Gasteiger partial charge is 0.412 e. The molecule has 8 heteroatoms. The maximum Gasteiger partial charge on any atom is 0.412 e. The number of benzene rings is 1. The van der Waals surface area contributed by atoms with E-state index >= 15 is 0 Å². The standard InChI is InChI=1S/C14H17N3O4S/c1-14(2,3)21-13(19)17-8-6-9-10(22-12(15)16-9)5-7(8)11(18)20-4/h5-6H,1-4H3,(H2,15,16)(H,17,19). The molecule has 2 aromatic rings. The second kappa shape index (κ2) is 5.80. The van der Waals surface area contributed by atoms with E-state index in [1.807, 2.05) is 0 Å². The summed E-state index contributed by atoms with van der Waals surface area (Å²) in [5, 5.41) is 2.92. The first-order chi connectivity index (χ1) is 10.2. The van der Waals surface area contributed by atoms with Crippen LogP contribution in [0.3, 0.4) is 0 Å². The molecule has 3 N–H and O–H groups in total. The second-order valence-corrected chi connectivity index (χ2v) is 6.60. The number of nitrogens with two attached hydrogens (primary N) is 1. The molecule has 0 spiro atoms. The molecular weight excluding hydrogens is 306 g/mol. The maximum absolute atomic E-state index is 11.9. The van der Waals surface area contributed by atoms with Gasteiger partial charge in [-0.25, -0.2) is 14.6 Å². The van der Waals surface area contributed by atoms with Gasteiger partial charge in [-0.3, -0.25) is 5.32 Å². The summed E-state index contributed by atoms with van der Waals surface area (Å²) in [6, 6.07) is 3.15. The van der Waals surface area contributed by atoms with Crippen molar-refractivity contribution in [2.75, 3.05) is 18.2 Å². The van der Waals surface area contributed by atoms with E-state index in [0.29, 0.717) is 10.6 Å².